The number of hydrogen-bond donors (Lipinski definition) is 3. The maximum absolute atomic E-state index is 4.35. The molecule has 3 N–H and O–H groups in total. The van der Waals surface area contributed by atoms with Crippen LogP contribution in [0.3, 0.4) is 0 Å². The molecule has 1 aromatic rings. The SMILES string of the molecule is CCCNCCNc1ccnn1C1CNC1. The molecule has 0 radical (unpaired) electrons. The van der Waals surface area contributed by atoms with Gasteiger partial charge >= 0.3 is 0 Å². The molecule has 0 aliphatic carbocycles. The standard InChI is InChI=1S/C11H21N5/c1-2-4-12-6-7-14-11-3-5-15-16(11)10-8-13-9-10/h3,5,10,12-14H,2,4,6-9H2,1H3. The molecule has 2 rings (SSSR count). The van der Waals surface area contributed by atoms with Crippen molar-refractivity contribution in [3.8, 4) is 0 Å². The molecule has 5 nitrogen and oxygen atoms in total. The zero-order chi connectivity index (χ0) is 11.2. The zero-order valence-electron chi connectivity index (χ0n) is 9.87. The predicted octanol–water partition coefficient (Wildman–Crippen LogP) is 0.439. The van der Waals surface area contributed by atoms with Gasteiger partial charge in [-0.25, -0.2) is 4.68 Å². The minimum Gasteiger partial charge on any atom is -0.369 e. The number of aromatic nitrogens is 2. The molecule has 1 fully saturated rings. The summed E-state index contributed by atoms with van der Waals surface area (Å²) in [5.41, 5.74) is 0. The summed E-state index contributed by atoms with van der Waals surface area (Å²) in [6.45, 7) is 7.29. The van der Waals surface area contributed by atoms with Gasteiger partial charge in [0.15, 0.2) is 0 Å². The topological polar surface area (TPSA) is 53.9 Å². The van der Waals surface area contributed by atoms with Crippen molar-refractivity contribution in [2.24, 2.45) is 0 Å². The molecule has 5 heteroatoms. The van der Waals surface area contributed by atoms with Crippen LogP contribution in [0.5, 0.6) is 0 Å². The Labute approximate surface area is 96.6 Å². The Kier molecular flexibility index (Phi) is 4.18. The average Bonchev–Trinajstić information content (AvgIpc) is 2.64. The summed E-state index contributed by atoms with van der Waals surface area (Å²) < 4.78 is 2.08. The normalized spacial score (nSPS) is 16.1. The molecule has 0 bridgehead atoms. The Balaban J connectivity index is 1.73. The molecule has 0 amide bonds. The molecule has 90 valence electrons. The highest BCUT2D eigenvalue weighted by Crippen LogP contribution is 2.16. The van der Waals surface area contributed by atoms with E-state index >= 15 is 0 Å². The maximum Gasteiger partial charge on any atom is 0.124 e. The zero-order valence-corrected chi connectivity index (χ0v) is 9.87. The molecule has 0 unspecified atom stereocenters. The molecule has 0 atom stereocenters. The lowest BCUT2D eigenvalue weighted by atomic mass is 10.2. The fourth-order valence-corrected chi connectivity index (χ4v) is 1.77. The molecule has 1 aliphatic heterocycles. The third-order valence-electron chi connectivity index (χ3n) is 2.81. The molecule has 16 heavy (non-hydrogen) atoms. The first-order valence-electron chi connectivity index (χ1n) is 6.10. The summed E-state index contributed by atoms with van der Waals surface area (Å²) in [6, 6.07) is 2.57. The van der Waals surface area contributed by atoms with Crippen LogP contribution in [0.25, 0.3) is 0 Å². The van der Waals surface area contributed by atoms with Gasteiger partial charge in [0.25, 0.3) is 0 Å². The quantitative estimate of drug-likeness (QED) is 0.587. The minimum atomic E-state index is 0.529. The van der Waals surface area contributed by atoms with Crippen LogP contribution in [-0.2, 0) is 0 Å². The van der Waals surface area contributed by atoms with E-state index in [0.29, 0.717) is 6.04 Å². The van der Waals surface area contributed by atoms with Gasteiger partial charge in [0.05, 0.1) is 12.2 Å². The smallest absolute Gasteiger partial charge is 0.124 e. The van der Waals surface area contributed by atoms with Crippen molar-refractivity contribution in [3.05, 3.63) is 12.3 Å². The van der Waals surface area contributed by atoms with Crippen molar-refractivity contribution < 1.29 is 0 Å². The Morgan fingerprint density at radius 3 is 3.00 bits per heavy atom. The summed E-state index contributed by atoms with van der Waals surface area (Å²) in [4.78, 5) is 0. The lowest BCUT2D eigenvalue weighted by Crippen LogP contribution is -2.44. The van der Waals surface area contributed by atoms with Crippen molar-refractivity contribution >= 4 is 5.82 Å². The van der Waals surface area contributed by atoms with Gasteiger partial charge in [0.2, 0.25) is 0 Å². The summed E-state index contributed by atoms with van der Waals surface area (Å²) in [5, 5.41) is 14.4. The number of hydrogen-bond acceptors (Lipinski definition) is 4. The van der Waals surface area contributed by atoms with Crippen molar-refractivity contribution in [2.75, 3.05) is 38.0 Å². The first-order valence-corrected chi connectivity index (χ1v) is 6.10. The van der Waals surface area contributed by atoms with E-state index in [2.05, 4.69) is 32.7 Å². The van der Waals surface area contributed by atoms with Gasteiger partial charge in [-0.15, -0.1) is 0 Å². The monoisotopic (exact) mass is 223 g/mol. The molecular formula is C11H21N5. The van der Waals surface area contributed by atoms with Gasteiger partial charge in [0.1, 0.15) is 5.82 Å². The Morgan fingerprint density at radius 2 is 2.31 bits per heavy atom. The lowest BCUT2D eigenvalue weighted by Gasteiger charge is -2.28. The summed E-state index contributed by atoms with van der Waals surface area (Å²) in [6.07, 6.45) is 3.05. The fourth-order valence-electron chi connectivity index (χ4n) is 1.77. The highest BCUT2D eigenvalue weighted by Gasteiger charge is 2.21. The molecule has 0 saturated carbocycles. The van der Waals surface area contributed by atoms with Gasteiger partial charge in [-0.2, -0.15) is 5.10 Å². The second-order valence-corrected chi connectivity index (χ2v) is 4.15. The highest BCUT2D eigenvalue weighted by atomic mass is 15.4. The van der Waals surface area contributed by atoms with Crippen LogP contribution in [0.1, 0.15) is 19.4 Å². The van der Waals surface area contributed by atoms with Gasteiger partial charge in [-0.3, -0.25) is 0 Å². The lowest BCUT2D eigenvalue weighted by molar-refractivity contribution is 0.321. The van der Waals surface area contributed by atoms with Crippen LogP contribution in [0.15, 0.2) is 12.3 Å². The Morgan fingerprint density at radius 1 is 1.44 bits per heavy atom. The van der Waals surface area contributed by atoms with Gasteiger partial charge in [-0.1, -0.05) is 6.92 Å². The number of anilines is 1. The van der Waals surface area contributed by atoms with Crippen LogP contribution >= 0.6 is 0 Å². The van der Waals surface area contributed by atoms with E-state index in [1.54, 1.807) is 0 Å². The first-order chi connectivity index (χ1) is 7.92. The summed E-state index contributed by atoms with van der Waals surface area (Å²) in [5.74, 6) is 1.13. The predicted molar refractivity (Wildman–Crippen MR) is 65.8 cm³/mol. The molecule has 0 aromatic carbocycles. The van der Waals surface area contributed by atoms with Gasteiger partial charge < -0.3 is 16.0 Å². The van der Waals surface area contributed by atoms with Crippen LogP contribution in [-0.4, -0.2) is 42.5 Å². The maximum atomic E-state index is 4.35. The molecule has 1 saturated heterocycles. The molecule has 1 aliphatic rings. The van der Waals surface area contributed by atoms with E-state index in [-0.39, 0.29) is 0 Å². The van der Waals surface area contributed by atoms with E-state index < -0.39 is 0 Å². The van der Waals surface area contributed by atoms with Crippen LogP contribution in [0.2, 0.25) is 0 Å². The van der Waals surface area contributed by atoms with E-state index in [1.165, 1.54) is 6.42 Å². The van der Waals surface area contributed by atoms with E-state index in [9.17, 15) is 0 Å². The minimum absolute atomic E-state index is 0.529. The van der Waals surface area contributed by atoms with Crippen LogP contribution in [0.4, 0.5) is 5.82 Å². The van der Waals surface area contributed by atoms with E-state index in [1.807, 2.05) is 12.3 Å². The fraction of sp³-hybridized carbons (Fsp3) is 0.727. The van der Waals surface area contributed by atoms with Crippen molar-refractivity contribution in [2.45, 2.75) is 19.4 Å². The molecule has 1 aromatic heterocycles. The molecular weight excluding hydrogens is 202 g/mol. The third kappa shape index (κ3) is 2.74. The van der Waals surface area contributed by atoms with Crippen molar-refractivity contribution in [3.63, 3.8) is 0 Å². The highest BCUT2D eigenvalue weighted by molar-refractivity contribution is 5.34. The van der Waals surface area contributed by atoms with E-state index in [4.69, 9.17) is 0 Å². The largest absolute Gasteiger partial charge is 0.369 e. The van der Waals surface area contributed by atoms with Crippen molar-refractivity contribution in [1.29, 1.82) is 0 Å². The summed E-state index contributed by atoms with van der Waals surface area (Å²) >= 11 is 0. The Hall–Kier alpha value is -1.07. The number of nitrogens with zero attached hydrogens (tertiary/aromatic N) is 2. The van der Waals surface area contributed by atoms with Gasteiger partial charge in [-0.05, 0) is 13.0 Å². The Bertz CT molecular complexity index is 305. The molecule has 0 spiro atoms. The number of nitrogens with one attached hydrogen (secondary N) is 3. The van der Waals surface area contributed by atoms with Crippen molar-refractivity contribution in [1.82, 2.24) is 20.4 Å². The second kappa shape index (κ2) is 5.86. The van der Waals surface area contributed by atoms with Gasteiger partial charge in [0, 0.05) is 32.2 Å². The number of rotatable bonds is 7. The second-order valence-electron chi connectivity index (χ2n) is 4.15. The average molecular weight is 223 g/mol. The first kappa shape index (κ1) is 11.4. The third-order valence-corrected chi connectivity index (χ3v) is 2.81. The van der Waals surface area contributed by atoms with E-state index in [0.717, 1.165) is 38.5 Å². The van der Waals surface area contributed by atoms with Crippen LogP contribution < -0.4 is 16.0 Å². The summed E-state index contributed by atoms with van der Waals surface area (Å²) in [7, 11) is 0. The van der Waals surface area contributed by atoms with Crippen LogP contribution in [0, 0.1) is 0 Å². The molecule has 2 heterocycles.